The molecule has 0 radical (unpaired) electrons. The van der Waals surface area contributed by atoms with Gasteiger partial charge in [-0.25, -0.2) is 0 Å². The zero-order chi connectivity index (χ0) is 0. The van der Waals surface area contributed by atoms with Crippen LogP contribution in [0.25, 0.3) is 0 Å². The Bertz CT molecular complexity index is 13.0. The molecule has 0 bridgehead atoms. The molecule has 78 valence electrons. The Kier molecular flexibility index (Phi) is 7210. The summed E-state index contributed by atoms with van der Waals surface area (Å²) in [6.45, 7) is 0. The maximum Gasteiger partial charge on any atom is 3.00 e. The SMILES string of the molecule is [Cl-].[Cl-].[Cl-].[Cl-].[Cl-].[Cl-].[NH4+].[NH4+].[NH4+].[Rh+3]. The van der Waals surface area contributed by atoms with Crippen molar-refractivity contribution in [1.29, 1.82) is 0 Å². The van der Waals surface area contributed by atoms with E-state index in [0.29, 0.717) is 0 Å². The van der Waals surface area contributed by atoms with Crippen molar-refractivity contribution in [3.8, 4) is 0 Å². The van der Waals surface area contributed by atoms with E-state index in [1.54, 1.807) is 0 Å². The monoisotopic (exact) mass is 367 g/mol. The van der Waals surface area contributed by atoms with Gasteiger partial charge < -0.3 is 92.9 Å². The Morgan fingerprint density at radius 1 is 0.300 bits per heavy atom. The van der Waals surface area contributed by atoms with Gasteiger partial charge in [0.15, 0.2) is 0 Å². The van der Waals surface area contributed by atoms with E-state index in [1.165, 1.54) is 0 Å². The van der Waals surface area contributed by atoms with E-state index < -0.39 is 0 Å². The molecule has 0 fully saturated rings. The second-order valence-corrected chi connectivity index (χ2v) is 0. The van der Waals surface area contributed by atoms with E-state index in [2.05, 4.69) is 0 Å². The molecule has 0 unspecified atom stereocenters. The fraction of sp³-hybridized carbons (Fsp3) is 0. The van der Waals surface area contributed by atoms with Crippen molar-refractivity contribution in [1.82, 2.24) is 18.5 Å². The Morgan fingerprint density at radius 2 is 0.300 bits per heavy atom. The summed E-state index contributed by atoms with van der Waals surface area (Å²) in [6, 6.07) is 0. The smallest absolute Gasteiger partial charge is 1.00 e. The molecule has 0 aromatic rings. The van der Waals surface area contributed by atoms with Crippen LogP contribution in [-0.4, -0.2) is 0 Å². The minimum atomic E-state index is 0. The van der Waals surface area contributed by atoms with Crippen molar-refractivity contribution >= 4 is 0 Å². The molecule has 0 aromatic heterocycles. The number of quaternary nitrogens is 3. The van der Waals surface area contributed by atoms with E-state index in [1.807, 2.05) is 0 Å². The van der Waals surface area contributed by atoms with Crippen molar-refractivity contribution in [3.05, 3.63) is 0 Å². The summed E-state index contributed by atoms with van der Waals surface area (Å²) in [5, 5.41) is 0. The second-order valence-electron chi connectivity index (χ2n) is 0. The summed E-state index contributed by atoms with van der Waals surface area (Å²) < 4.78 is 0. The van der Waals surface area contributed by atoms with E-state index in [4.69, 9.17) is 0 Å². The first-order valence-electron chi connectivity index (χ1n) is 0. The minimum Gasteiger partial charge on any atom is -1.00 e. The summed E-state index contributed by atoms with van der Waals surface area (Å²) in [4.78, 5) is 0. The molecular weight excluding hydrogens is 358 g/mol. The van der Waals surface area contributed by atoms with Gasteiger partial charge in [-0.2, -0.15) is 0 Å². The van der Waals surface area contributed by atoms with Gasteiger partial charge in [-0.05, 0) is 0 Å². The van der Waals surface area contributed by atoms with Gasteiger partial charge in [0.2, 0.25) is 0 Å². The average molecular weight is 370 g/mol. The molecule has 10 heteroatoms. The van der Waals surface area contributed by atoms with Gasteiger partial charge in [0.05, 0.1) is 0 Å². The van der Waals surface area contributed by atoms with Gasteiger partial charge in [0, 0.05) is 0 Å². The number of hydrogen-bond donors (Lipinski definition) is 3. The normalized spacial score (nSPS) is 0. The second kappa shape index (κ2) is 234. The molecule has 0 spiro atoms. The third-order valence-electron chi connectivity index (χ3n) is 0. The Hall–Kier alpha value is 2.24. The Balaban J connectivity index is 0. The van der Waals surface area contributed by atoms with Crippen molar-refractivity contribution in [2.24, 2.45) is 0 Å². The third-order valence-corrected chi connectivity index (χ3v) is 0. The van der Waals surface area contributed by atoms with Crippen LogP contribution in [0.3, 0.4) is 0 Å². The van der Waals surface area contributed by atoms with Crippen LogP contribution < -0.4 is 92.9 Å². The Morgan fingerprint density at radius 3 is 0.300 bits per heavy atom. The van der Waals surface area contributed by atoms with Gasteiger partial charge >= 0.3 is 19.5 Å². The maximum absolute atomic E-state index is 0. The number of hydrogen-bond acceptors (Lipinski definition) is 0. The topological polar surface area (TPSA) is 110 Å². The van der Waals surface area contributed by atoms with E-state index in [9.17, 15) is 0 Å². The first-order valence-corrected chi connectivity index (χ1v) is 0. The molecule has 0 aromatic carbocycles. The van der Waals surface area contributed by atoms with Gasteiger partial charge in [0.1, 0.15) is 0 Å². The molecule has 0 aliphatic carbocycles. The zero-order valence-electron chi connectivity index (χ0n) is 5.60. The summed E-state index contributed by atoms with van der Waals surface area (Å²) in [5.74, 6) is 0. The summed E-state index contributed by atoms with van der Waals surface area (Å²) >= 11 is 0. The molecule has 10 heavy (non-hydrogen) atoms. The summed E-state index contributed by atoms with van der Waals surface area (Å²) in [7, 11) is 0. The fourth-order valence-corrected chi connectivity index (χ4v) is 0. The van der Waals surface area contributed by atoms with Crippen LogP contribution in [0.5, 0.6) is 0 Å². The molecular formula is H12Cl6N3Rh. The van der Waals surface area contributed by atoms with Gasteiger partial charge in [-0.1, -0.05) is 0 Å². The van der Waals surface area contributed by atoms with E-state index in [0.717, 1.165) is 0 Å². The number of rotatable bonds is 0. The van der Waals surface area contributed by atoms with Crippen molar-refractivity contribution < 1.29 is 93.9 Å². The van der Waals surface area contributed by atoms with Crippen LogP contribution in [0.1, 0.15) is 0 Å². The summed E-state index contributed by atoms with van der Waals surface area (Å²) in [6.07, 6.45) is 0. The number of halogens is 6. The van der Waals surface area contributed by atoms with Crippen LogP contribution in [0.2, 0.25) is 0 Å². The molecule has 0 saturated heterocycles. The van der Waals surface area contributed by atoms with E-state index in [-0.39, 0.29) is 112 Å². The molecule has 0 heterocycles. The molecule has 0 aliphatic rings. The molecule has 0 saturated carbocycles. The van der Waals surface area contributed by atoms with Crippen molar-refractivity contribution in [2.75, 3.05) is 0 Å². The first-order chi connectivity index (χ1) is 0. The predicted octanol–water partition coefficient (Wildman–Crippen LogP) is -16.8. The first kappa shape index (κ1) is 308. The largest absolute Gasteiger partial charge is 3.00 e. The third kappa shape index (κ3) is 174. The van der Waals surface area contributed by atoms with Crippen LogP contribution in [0.4, 0.5) is 0 Å². The molecule has 3 nitrogen and oxygen atoms in total. The maximum atomic E-state index is 0. The molecule has 0 rings (SSSR count). The molecule has 0 amide bonds. The quantitative estimate of drug-likeness (QED) is 0.353. The van der Waals surface area contributed by atoms with Crippen LogP contribution in [0, 0.1) is 0 Å². The summed E-state index contributed by atoms with van der Waals surface area (Å²) in [5.41, 5.74) is 0. The molecule has 0 atom stereocenters. The zero-order valence-corrected chi connectivity index (χ0v) is 11.8. The van der Waals surface area contributed by atoms with Crippen LogP contribution in [-0.2, 0) is 19.5 Å². The van der Waals surface area contributed by atoms with Gasteiger partial charge in [-0.15, -0.1) is 0 Å². The van der Waals surface area contributed by atoms with Crippen molar-refractivity contribution in [3.63, 3.8) is 0 Å². The molecule has 0 aliphatic heterocycles. The van der Waals surface area contributed by atoms with Crippen LogP contribution in [0.15, 0.2) is 0 Å². The Labute approximate surface area is 112 Å². The molecule has 12 N–H and O–H groups in total. The standard InChI is InChI=1S/6ClH.3H3N.Rh/h6*1H;3*1H3;/q;;;;;;;;;+3/p-3. The fourth-order valence-electron chi connectivity index (χ4n) is 0. The van der Waals surface area contributed by atoms with Crippen molar-refractivity contribution in [2.45, 2.75) is 0 Å². The van der Waals surface area contributed by atoms with Gasteiger partial charge in [-0.3, -0.25) is 0 Å². The predicted molar refractivity (Wildman–Crippen MR) is 18.0 cm³/mol. The minimum absolute atomic E-state index is 0. The van der Waals surface area contributed by atoms with Crippen LogP contribution >= 0.6 is 0 Å². The average Bonchev–Trinajstić information content (AvgIpc) is 0. The van der Waals surface area contributed by atoms with Gasteiger partial charge in [0.25, 0.3) is 0 Å². The van der Waals surface area contributed by atoms with E-state index >= 15 is 0 Å².